The number of benzene rings is 2. The molecule has 2 amide bonds. The summed E-state index contributed by atoms with van der Waals surface area (Å²) in [5.74, 6) is -1.25. The topological polar surface area (TPSA) is 167 Å². The van der Waals surface area contributed by atoms with E-state index in [1.807, 2.05) is 36.4 Å². The second-order valence-electron chi connectivity index (χ2n) is 9.73. The summed E-state index contributed by atoms with van der Waals surface area (Å²) in [5, 5.41) is 30.7. The molecule has 12 heteroatoms. The van der Waals surface area contributed by atoms with Gasteiger partial charge in [0, 0.05) is 42.5 Å². The van der Waals surface area contributed by atoms with E-state index < -0.39 is 18.2 Å². The van der Waals surface area contributed by atoms with Crippen LogP contribution in [0.4, 0.5) is 5.69 Å². The van der Waals surface area contributed by atoms with E-state index in [0.29, 0.717) is 35.7 Å². The molecule has 0 unspecified atom stereocenters. The van der Waals surface area contributed by atoms with Gasteiger partial charge in [-0.3, -0.25) is 14.8 Å². The standard InChI is InChI=1S/C30H33N3O8S/c34-17-19-7-9-20(10-8-19)25-16-23(18-42-28-24(29(37)38)4-3-15-31-28)40-30(41-25)21-11-13-22(14-12-21)32-26(35)5-1-2-6-27(36)33-39/h3-4,7-15,23,25,30,34,39H,1-2,5-6,16-18H2,(H,32,35)(H,33,36)(H,37,38)/t23-,25+,30+/m1/s1. The van der Waals surface area contributed by atoms with E-state index in [9.17, 15) is 24.6 Å². The number of aromatic nitrogens is 1. The first-order valence-electron chi connectivity index (χ1n) is 13.5. The van der Waals surface area contributed by atoms with Gasteiger partial charge in [0.25, 0.3) is 0 Å². The van der Waals surface area contributed by atoms with Crippen molar-refractivity contribution in [1.29, 1.82) is 0 Å². The van der Waals surface area contributed by atoms with E-state index in [4.69, 9.17) is 14.7 Å². The molecular weight excluding hydrogens is 562 g/mol. The number of nitrogens with zero attached hydrogens (tertiary/aromatic N) is 1. The molecular formula is C30H33N3O8S. The van der Waals surface area contributed by atoms with Gasteiger partial charge >= 0.3 is 5.97 Å². The number of anilines is 1. The Bertz CT molecular complexity index is 1350. The fraction of sp³-hybridized carbons (Fsp3) is 0.333. The molecule has 4 rings (SSSR count). The number of hydrogen-bond acceptors (Lipinski definition) is 9. The second-order valence-corrected chi connectivity index (χ2v) is 10.7. The Morgan fingerprint density at radius 1 is 0.929 bits per heavy atom. The quantitative estimate of drug-likeness (QED) is 0.0814. The van der Waals surface area contributed by atoms with Crippen LogP contribution in [-0.2, 0) is 25.7 Å². The van der Waals surface area contributed by atoms with Crippen molar-refractivity contribution in [2.45, 2.75) is 62.2 Å². The molecule has 0 saturated carbocycles. The fourth-order valence-electron chi connectivity index (χ4n) is 4.44. The van der Waals surface area contributed by atoms with Gasteiger partial charge in [-0.25, -0.2) is 15.3 Å². The van der Waals surface area contributed by atoms with Gasteiger partial charge in [0.15, 0.2) is 6.29 Å². The van der Waals surface area contributed by atoms with Crippen LogP contribution in [-0.4, -0.2) is 50.0 Å². The first-order valence-corrected chi connectivity index (χ1v) is 14.5. The minimum absolute atomic E-state index is 0.0590. The molecule has 2 heterocycles. The number of thioether (sulfide) groups is 1. The molecule has 0 aliphatic carbocycles. The summed E-state index contributed by atoms with van der Waals surface area (Å²) in [6, 6.07) is 17.8. The third-order valence-electron chi connectivity index (χ3n) is 6.67. The minimum Gasteiger partial charge on any atom is -0.478 e. The molecule has 11 nitrogen and oxygen atoms in total. The summed E-state index contributed by atoms with van der Waals surface area (Å²) >= 11 is 1.31. The van der Waals surface area contributed by atoms with E-state index in [-0.39, 0.29) is 43.1 Å². The maximum absolute atomic E-state index is 12.3. The lowest BCUT2D eigenvalue weighted by atomic mass is 10.0. The fourth-order valence-corrected chi connectivity index (χ4v) is 5.44. The smallest absolute Gasteiger partial charge is 0.338 e. The molecule has 5 N–H and O–H groups in total. The summed E-state index contributed by atoms with van der Waals surface area (Å²) < 4.78 is 12.7. The summed E-state index contributed by atoms with van der Waals surface area (Å²) in [5.41, 5.74) is 4.78. The van der Waals surface area contributed by atoms with Gasteiger partial charge in [-0.2, -0.15) is 0 Å². The highest BCUT2D eigenvalue weighted by Gasteiger charge is 2.32. The number of pyridine rings is 1. The van der Waals surface area contributed by atoms with Gasteiger partial charge in [0.2, 0.25) is 11.8 Å². The molecule has 1 aromatic heterocycles. The highest BCUT2D eigenvalue weighted by Crippen LogP contribution is 2.39. The van der Waals surface area contributed by atoms with Gasteiger partial charge in [-0.15, -0.1) is 11.8 Å². The van der Waals surface area contributed by atoms with Crippen LogP contribution in [0.3, 0.4) is 0 Å². The Labute approximate surface area is 247 Å². The number of amides is 2. The minimum atomic E-state index is -1.04. The molecule has 2 aromatic carbocycles. The van der Waals surface area contributed by atoms with Crippen LogP contribution >= 0.6 is 11.8 Å². The van der Waals surface area contributed by atoms with Crippen LogP contribution in [0.1, 0.15) is 71.5 Å². The van der Waals surface area contributed by atoms with Gasteiger partial charge in [-0.05, 0) is 48.2 Å². The first-order chi connectivity index (χ1) is 20.4. The molecule has 3 atom stereocenters. The number of hydroxylamine groups is 1. The van der Waals surface area contributed by atoms with Gasteiger partial charge < -0.3 is 25.0 Å². The number of unbranched alkanes of at least 4 members (excludes halogenated alkanes) is 1. The number of carbonyl (C=O) groups is 3. The number of ether oxygens (including phenoxy) is 2. The lowest BCUT2D eigenvalue weighted by Crippen LogP contribution is -2.31. The van der Waals surface area contributed by atoms with Crippen molar-refractivity contribution < 1.29 is 39.3 Å². The number of aromatic carboxylic acids is 1. The molecule has 0 radical (unpaired) electrons. The Kier molecular flexibility index (Phi) is 11.4. The van der Waals surface area contributed by atoms with Crippen LogP contribution in [0, 0.1) is 0 Å². The molecule has 1 fully saturated rings. The lowest BCUT2D eigenvalue weighted by Gasteiger charge is -2.36. The SMILES string of the molecule is O=C(CCCCC(=O)Nc1ccc([C@H]2O[C@@H](CSc3ncccc3C(=O)O)C[C@@H](c3ccc(CO)cc3)O2)cc1)NO. The van der Waals surface area contributed by atoms with Crippen molar-refractivity contribution in [2.24, 2.45) is 0 Å². The zero-order chi connectivity index (χ0) is 29.9. The van der Waals surface area contributed by atoms with E-state index in [2.05, 4.69) is 10.3 Å². The summed E-state index contributed by atoms with van der Waals surface area (Å²) in [6.07, 6.45) is 2.17. The molecule has 3 aromatic rings. The Morgan fingerprint density at radius 3 is 2.29 bits per heavy atom. The highest BCUT2D eigenvalue weighted by molar-refractivity contribution is 7.99. The van der Waals surface area contributed by atoms with E-state index >= 15 is 0 Å². The number of aliphatic hydroxyl groups is 1. The molecule has 1 aliphatic heterocycles. The predicted molar refractivity (Wildman–Crippen MR) is 154 cm³/mol. The van der Waals surface area contributed by atoms with E-state index in [1.54, 1.807) is 29.9 Å². The monoisotopic (exact) mass is 595 g/mol. The van der Waals surface area contributed by atoms with Crippen LogP contribution in [0.5, 0.6) is 0 Å². The average Bonchev–Trinajstić information content (AvgIpc) is 3.02. The van der Waals surface area contributed by atoms with Crippen LogP contribution in [0.2, 0.25) is 0 Å². The van der Waals surface area contributed by atoms with Crippen molar-refractivity contribution in [3.63, 3.8) is 0 Å². The Hall–Kier alpha value is -3.81. The van der Waals surface area contributed by atoms with Crippen molar-refractivity contribution in [3.05, 3.63) is 89.1 Å². The molecule has 0 bridgehead atoms. The Balaban J connectivity index is 1.43. The number of carbonyl (C=O) groups excluding carboxylic acids is 2. The number of nitrogens with one attached hydrogen (secondary N) is 2. The molecule has 0 spiro atoms. The number of hydrogen-bond donors (Lipinski definition) is 5. The zero-order valence-corrected chi connectivity index (χ0v) is 23.6. The van der Waals surface area contributed by atoms with E-state index in [1.165, 1.54) is 17.8 Å². The predicted octanol–water partition coefficient (Wildman–Crippen LogP) is 4.61. The summed E-state index contributed by atoms with van der Waals surface area (Å²) in [6.45, 7) is -0.0590. The molecule has 42 heavy (non-hydrogen) atoms. The maximum Gasteiger partial charge on any atom is 0.338 e. The second kappa shape index (κ2) is 15.4. The third-order valence-corrected chi connectivity index (χ3v) is 7.81. The highest BCUT2D eigenvalue weighted by atomic mass is 32.2. The average molecular weight is 596 g/mol. The molecule has 1 saturated heterocycles. The molecule has 222 valence electrons. The number of rotatable bonds is 13. The zero-order valence-electron chi connectivity index (χ0n) is 22.8. The lowest BCUT2D eigenvalue weighted by molar-refractivity contribution is -0.245. The normalized spacial score (nSPS) is 18.3. The summed E-state index contributed by atoms with van der Waals surface area (Å²) in [4.78, 5) is 39.2. The van der Waals surface area contributed by atoms with Gasteiger partial charge in [0.05, 0.1) is 24.4 Å². The van der Waals surface area contributed by atoms with Crippen molar-refractivity contribution in [3.8, 4) is 0 Å². The van der Waals surface area contributed by atoms with Crippen LogP contribution in [0.15, 0.2) is 71.9 Å². The molecule has 1 aliphatic rings. The first kappa shape index (κ1) is 31.1. The van der Waals surface area contributed by atoms with Crippen LogP contribution < -0.4 is 10.8 Å². The van der Waals surface area contributed by atoms with Crippen molar-refractivity contribution >= 4 is 35.2 Å². The van der Waals surface area contributed by atoms with Gasteiger partial charge in [-0.1, -0.05) is 36.4 Å². The van der Waals surface area contributed by atoms with Crippen LogP contribution in [0.25, 0.3) is 0 Å². The third kappa shape index (κ3) is 8.84. The number of carboxylic acid groups (broad SMARTS) is 1. The van der Waals surface area contributed by atoms with Crippen molar-refractivity contribution in [2.75, 3.05) is 11.1 Å². The maximum atomic E-state index is 12.3. The van der Waals surface area contributed by atoms with Gasteiger partial charge in [0.1, 0.15) is 5.03 Å². The largest absolute Gasteiger partial charge is 0.478 e. The summed E-state index contributed by atoms with van der Waals surface area (Å²) in [7, 11) is 0. The number of aliphatic hydroxyl groups excluding tert-OH is 1. The number of carboxylic acids is 1. The Morgan fingerprint density at radius 2 is 1.62 bits per heavy atom. The van der Waals surface area contributed by atoms with Crippen molar-refractivity contribution in [1.82, 2.24) is 10.5 Å². The van der Waals surface area contributed by atoms with E-state index in [0.717, 1.165) is 16.7 Å².